The minimum Gasteiger partial charge on any atom is -0.271 e. The normalized spacial score (nSPS) is 18.0. The van der Waals surface area contributed by atoms with E-state index in [2.05, 4.69) is 17.6 Å². The van der Waals surface area contributed by atoms with Crippen LogP contribution in [0.3, 0.4) is 0 Å². The molecule has 0 spiro atoms. The second-order valence-corrected chi connectivity index (χ2v) is 5.62. The first-order valence-corrected chi connectivity index (χ1v) is 7.16. The number of nitrogens with two attached hydrogens (primary N) is 1. The topological polar surface area (TPSA) is 38.0 Å². The van der Waals surface area contributed by atoms with Crippen LogP contribution in [0.1, 0.15) is 29.0 Å². The molecule has 0 aromatic heterocycles. The third-order valence-corrected chi connectivity index (χ3v) is 4.26. The number of rotatable bonds is 5. The SMILES string of the molecule is NNC(Cc1cccc(F)c1F)CC1Cc2ccccc21. The molecule has 3 N–H and O–H groups in total. The Morgan fingerprint density at radius 2 is 1.95 bits per heavy atom. The standard InChI is InChI=1S/C17H18F2N2/c18-16-7-3-5-12(17(16)19)9-14(21-20)10-13-8-11-4-1-2-6-15(11)13/h1-7,13-14,21H,8-10,20H2. The highest BCUT2D eigenvalue weighted by Crippen LogP contribution is 2.38. The van der Waals surface area contributed by atoms with E-state index >= 15 is 0 Å². The summed E-state index contributed by atoms with van der Waals surface area (Å²) in [7, 11) is 0. The molecule has 1 aliphatic rings. The molecule has 2 atom stereocenters. The number of halogens is 2. The first-order valence-electron chi connectivity index (χ1n) is 7.16. The summed E-state index contributed by atoms with van der Waals surface area (Å²) in [6.07, 6.45) is 2.24. The summed E-state index contributed by atoms with van der Waals surface area (Å²) in [6.45, 7) is 0. The van der Waals surface area contributed by atoms with Crippen molar-refractivity contribution in [2.75, 3.05) is 0 Å². The fraction of sp³-hybridized carbons (Fsp3) is 0.294. The van der Waals surface area contributed by atoms with Crippen LogP contribution in [0.5, 0.6) is 0 Å². The minimum atomic E-state index is -0.808. The number of benzene rings is 2. The molecule has 0 bridgehead atoms. The molecule has 2 aromatic carbocycles. The summed E-state index contributed by atoms with van der Waals surface area (Å²) in [6, 6.07) is 12.5. The molecule has 21 heavy (non-hydrogen) atoms. The summed E-state index contributed by atoms with van der Waals surface area (Å²) >= 11 is 0. The van der Waals surface area contributed by atoms with Crippen molar-refractivity contribution >= 4 is 0 Å². The summed E-state index contributed by atoms with van der Waals surface area (Å²) in [5, 5.41) is 0. The van der Waals surface area contributed by atoms with E-state index in [0.717, 1.165) is 18.9 Å². The van der Waals surface area contributed by atoms with E-state index < -0.39 is 11.6 Å². The van der Waals surface area contributed by atoms with Crippen LogP contribution >= 0.6 is 0 Å². The second kappa shape index (κ2) is 5.92. The number of hydrogen-bond donors (Lipinski definition) is 2. The lowest BCUT2D eigenvalue weighted by molar-refractivity contribution is 0.412. The van der Waals surface area contributed by atoms with Crippen molar-refractivity contribution in [3.8, 4) is 0 Å². The molecule has 1 aliphatic carbocycles. The van der Waals surface area contributed by atoms with Crippen molar-refractivity contribution in [3.63, 3.8) is 0 Å². The second-order valence-electron chi connectivity index (χ2n) is 5.62. The first-order chi connectivity index (χ1) is 10.2. The monoisotopic (exact) mass is 288 g/mol. The van der Waals surface area contributed by atoms with E-state index in [1.54, 1.807) is 6.07 Å². The van der Waals surface area contributed by atoms with Crippen molar-refractivity contribution in [2.24, 2.45) is 5.84 Å². The van der Waals surface area contributed by atoms with Gasteiger partial charge in [-0.05, 0) is 47.9 Å². The summed E-state index contributed by atoms with van der Waals surface area (Å²) in [5.74, 6) is 4.45. The molecular weight excluding hydrogens is 270 g/mol. The van der Waals surface area contributed by atoms with Crippen LogP contribution in [0.2, 0.25) is 0 Å². The Kier molecular flexibility index (Phi) is 3.99. The predicted octanol–water partition coefficient (Wildman–Crippen LogP) is 3.07. The van der Waals surface area contributed by atoms with E-state index in [9.17, 15) is 8.78 Å². The molecule has 110 valence electrons. The molecule has 0 amide bonds. The van der Waals surface area contributed by atoms with E-state index in [0.29, 0.717) is 17.9 Å². The van der Waals surface area contributed by atoms with Crippen molar-refractivity contribution in [2.45, 2.75) is 31.2 Å². The van der Waals surface area contributed by atoms with Crippen LogP contribution in [0.4, 0.5) is 8.78 Å². The lowest BCUT2D eigenvalue weighted by Crippen LogP contribution is -2.39. The molecule has 0 saturated heterocycles. The van der Waals surface area contributed by atoms with Gasteiger partial charge in [0.1, 0.15) is 0 Å². The zero-order chi connectivity index (χ0) is 14.8. The molecule has 4 heteroatoms. The molecule has 0 radical (unpaired) electrons. The number of hydrogen-bond acceptors (Lipinski definition) is 2. The van der Waals surface area contributed by atoms with Gasteiger partial charge in [-0.1, -0.05) is 36.4 Å². The van der Waals surface area contributed by atoms with Gasteiger partial charge in [0.25, 0.3) is 0 Å². The maximum Gasteiger partial charge on any atom is 0.162 e. The summed E-state index contributed by atoms with van der Waals surface area (Å²) in [5.41, 5.74) is 5.82. The molecule has 0 aliphatic heterocycles. The molecule has 2 nitrogen and oxygen atoms in total. The fourth-order valence-electron chi connectivity index (χ4n) is 3.10. The van der Waals surface area contributed by atoms with E-state index in [1.807, 2.05) is 12.1 Å². The average molecular weight is 288 g/mol. The number of nitrogens with one attached hydrogen (secondary N) is 1. The molecule has 2 unspecified atom stereocenters. The van der Waals surface area contributed by atoms with E-state index in [1.165, 1.54) is 17.2 Å². The lowest BCUT2D eigenvalue weighted by atomic mass is 9.74. The van der Waals surface area contributed by atoms with Gasteiger partial charge in [0.15, 0.2) is 11.6 Å². The molecular formula is C17H18F2N2. The Morgan fingerprint density at radius 3 is 2.71 bits per heavy atom. The van der Waals surface area contributed by atoms with Gasteiger partial charge >= 0.3 is 0 Å². The van der Waals surface area contributed by atoms with E-state index in [4.69, 9.17) is 5.84 Å². The molecule has 0 heterocycles. The van der Waals surface area contributed by atoms with Crippen LogP contribution in [-0.4, -0.2) is 6.04 Å². The maximum atomic E-state index is 13.7. The molecule has 0 saturated carbocycles. The van der Waals surface area contributed by atoms with Crippen LogP contribution in [0.25, 0.3) is 0 Å². The molecule has 3 rings (SSSR count). The largest absolute Gasteiger partial charge is 0.271 e. The van der Waals surface area contributed by atoms with Gasteiger partial charge in [-0.15, -0.1) is 0 Å². The van der Waals surface area contributed by atoms with Crippen LogP contribution in [-0.2, 0) is 12.8 Å². The summed E-state index contributed by atoms with van der Waals surface area (Å²) in [4.78, 5) is 0. The smallest absolute Gasteiger partial charge is 0.162 e. The third kappa shape index (κ3) is 2.82. The van der Waals surface area contributed by atoms with Crippen LogP contribution in [0, 0.1) is 11.6 Å². The lowest BCUT2D eigenvalue weighted by Gasteiger charge is -2.33. The zero-order valence-electron chi connectivity index (χ0n) is 11.7. The van der Waals surface area contributed by atoms with Gasteiger partial charge in [0.05, 0.1) is 0 Å². The Labute approximate surface area is 122 Å². The van der Waals surface area contributed by atoms with Crippen molar-refractivity contribution in [1.29, 1.82) is 0 Å². The number of fused-ring (bicyclic) bond motifs is 1. The van der Waals surface area contributed by atoms with Crippen LogP contribution in [0.15, 0.2) is 42.5 Å². The van der Waals surface area contributed by atoms with Gasteiger partial charge < -0.3 is 0 Å². The van der Waals surface area contributed by atoms with Crippen LogP contribution < -0.4 is 11.3 Å². The Morgan fingerprint density at radius 1 is 1.14 bits per heavy atom. The van der Waals surface area contributed by atoms with E-state index in [-0.39, 0.29) is 6.04 Å². The Bertz CT molecular complexity index is 642. The fourth-order valence-corrected chi connectivity index (χ4v) is 3.10. The first kappa shape index (κ1) is 14.2. The van der Waals surface area contributed by atoms with Gasteiger partial charge in [-0.25, -0.2) is 8.78 Å². The minimum absolute atomic E-state index is 0.0698. The van der Waals surface area contributed by atoms with Crippen molar-refractivity contribution in [3.05, 3.63) is 70.8 Å². The Balaban J connectivity index is 1.68. The Hall–Kier alpha value is -1.78. The summed E-state index contributed by atoms with van der Waals surface area (Å²) < 4.78 is 27.0. The predicted molar refractivity (Wildman–Crippen MR) is 78.7 cm³/mol. The molecule has 0 fully saturated rings. The van der Waals surface area contributed by atoms with Gasteiger partial charge in [0, 0.05) is 6.04 Å². The zero-order valence-corrected chi connectivity index (χ0v) is 11.7. The number of hydrazine groups is 1. The van der Waals surface area contributed by atoms with Gasteiger partial charge in [-0.3, -0.25) is 11.3 Å². The van der Waals surface area contributed by atoms with Crippen molar-refractivity contribution < 1.29 is 8.78 Å². The van der Waals surface area contributed by atoms with Gasteiger partial charge in [-0.2, -0.15) is 0 Å². The third-order valence-electron chi connectivity index (χ3n) is 4.26. The van der Waals surface area contributed by atoms with Gasteiger partial charge in [0.2, 0.25) is 0 Å². The van der Waals surface area contributed by atoms with Crippen molar-refractivity contribution in [1.82, 2.24) is 5.43 Å². The maximum absolute atomic E-state index is 13.7. The highest BCUT2D eigenvalue weighted by atomic mass is 19.2. The quantitative estimate of drug-likeness (QED) is 0.655. The molecule has 2 aromatic rings. The highest BCUT2D eigenvalue weighted by molar-refractivity contribution is 5.40. The average Bonchev–Trinajstić information content (AvgIpc) is 2.48. The highest BCUT2D eigenvalue weighted by Gasteiger charge is 2.28.